The van der Waals surface area contributed by atoms with Crippen LogP contribution in [0.5, 0.6) is 0 Å². The zero-order valence-electron chi connectivity index (χ0n) is 10.6. The number of hydrogen-bond donors (Lipinski definition) is 0. The molecule has 0 aliphatic heterocycles. The Labute approximate surface area is 94.8 Å². The van der Waals surface area contributed by atoms with Crippen LogP contribution >= 0.6 is 0 Å². The molecule has 5 unspecified atom stereocenters. The van der Waals surface area contributed by atoms with E-state index in [1.165, 1.54) is 12.8 Å². The maximum absolute atomic E-state index is 2.59. The molecule has 0 saturated heterocycles. The largest absolute Gasteiger partial charge is 0.0622 e. The first-order chi connectivity index (χ1) is 7.13. The molecule has 0 heterocycles. The van der Waals surface area contributed by atoms with Crippen LogP contribution in [0.4, 0.5) is 0 Å². The zero-order valence-corrected chi connectivity index (χ0v) is 10.6. The Hall–Kier alpha value is 0. The van der Waals surface area contributed by atoms with E-state index in [2.05, 4.69) is 20.8 Å². The van der Waals surface area contributed by atoms with Crippen molar-refractivity contribution in [1.29, 1.82) is 0 Å². The summed E-state index contributed by atoms with van der Waals surface area (Å²) in [7, 11) is 0. The van der Waals surface area contributed by atoms with E-state index < -0.39 is 0 Å². The molecule has 0 spiro atoms. The molecule has 3 rings (SSSR count). The molecule has 3 aliphatic rings. The lowest BCUT2D eigenvalue weighted by atomic mass is 9.58. The van der Waals surface area contributed by atoms with Gasteiger partial charge in [0.05, 0.1) is 0 Å². The third-order valence-corrected chi connectivity index (χ3v) is 6.42. The van der Waals surface area contributed by atoms with Crippen molar-refractivity contribution in [2.24, 2.45) is 35.0 Å². The first-order valence-electron chi connectivity index (χ1n) is 7.13. The summed E-state index contributed by atoms with van der Waals surface area (Å²) >= 11 is 0. The Balaban J connectivity index is 1.86. The van der Waals surface area contributed by atoms with E-state index in [0.717, 1.165) is 29.6 Å². The van der Waals surface area contributed by atoms with Crippen LogP contribution in [0.3, 0.4) is 0 Å². The molecule has 2 bridgehead atoms. The van der Waals surface area contributed by atoms with Crippen LogP contribution in [-0.2, 0) is 0 Å². The lowest BCUT2D eigenvalue weighted by molar-refractivity contribution is 0.0204. The minimum atomic E-state index is 0.698. The summed E-state index contributed by atoms with van der Waals surface area (Å²) < 4.78 is 0. The smallest absolute Gasteiger partial charge is 0.0269 e. The van der Waals surface area contributed by atoms with Gasteiger partial charge in [0.2, 0.25) is 0 Å². The molecule has 0 aromatic heterocycles. The molecule has 0 aromatic carbocycles. The van der Waals surface area contributed by atoms with Gasteiger partial charge in [0, 0.05) is 0 Å². The molecule has 0 radical (unpaired) electrons. The van der Waals surface area contributed by atoms with Crippen LogP contribution in [0.15, 0.2) is 0 Å². The third kappa shape index (κ3) is 1.26. The predicted octanol–water partition coefficient (Wildman–Crippen LogP) is 4.49. The predicted molar refractivity (Wildman–Crippen MR) is 64.6 cm³/mol. The Morgan fingerprint density at radius 3 is 2.40 bits per heavy atom. The maximum Gasteiger partial charge on any atom is -0.0269 e. The van der Waals surface area contributed by atoms with Crippen LogP contribution in [0, 0.1) is 35.0 Å². The molecule has 3 aliphatic carbocycles. The van der Waals surface area contributed by atoms with Crippen LogP contribution < -0.4 is 0 Å². The molecule has 0 heteroatoms. The first-order valence-corrected chi connectivity index (χ1v) is 7.13. The molecule has 5 atom stereocenters. The fraction of sp³-hybridized carbons (Fsp3) is 1.00. The quantitative estimate of drug-likeness (QED) is 0.593. The van der Waals surface area contributed by atoms with Crippen LogP contribution in [0.25, 0.3) is 0 Å². The van der Waals surface area contributed by atoms with E-state index in [9.17, 15) is 0 Å². The topological polar surface area (TPSA) is 0 Å². The molecule has 0 N–H and O–H groups in total. The second kappa shape index (κ2) is 3.25. The third-order valence-electron chi connectivity index (χ3n) is 6.42. The van der Waals surface area contributed by atoms with Crippen molar-refractivity contribution in [2.75, 3.05) is 0 Å². The van der Waals surface area contributed by atoms with Gasteiger partial charge in [-0.15, -0.1) is 0 Å². The lowest BCUT2D eigenvalue weighted by Crippen LogP contribution is -2.39. The normalized spacial score (nSPS) is 53.6. The fourth-order valence-corrected chi connectivity index (χ4v) is 5.32. The Morgan fingerprint density at radius 2 is 1.73 bits per heavy atom. The van der Waals surface area contributed by atoms with Gasteiger partial charge in [-0.25, -0.2) is 0 Å². The van der Waals surface area contributed by atoms with E-state index in [1.54, 1.807) is 25.7 Å². The van der Waals surface area contributed by atoms with Gasteiger partial charge in [-0.1, -0.05) is 33.6 Å². The molecule has 86 valence electrons. The number of fused-ring (bicyclic) bond motifs is 5. The van der Waals surface area contributed by atoms with Crippen LogP contribution in [0.1, 0.15) is 59.3 Å². The molecular weight excluding hydrogens is 180 g/mol. The highest BCUT2D eigenvalue weighted by molar-refractivity contribution is 5.07. The minimum Gasteiger partial charge on any atom is -0.0622 e. The lowest BCUT2D eigenvalue weighted by Gasteiger charge is -2.47. The van der Waals surface area contributed by atoms with Crippen molar-refractivity contribution in [3.05, 3.63) is 0 Å². The molecule has 3 saturated carbocycles. The molecule has 0 nitrogen and oxygen atoms in total. The van der Waals surface area contributed by atoms with Gasteiger partial charge in [-0.2, -0.15) is 0 Å². The summed E-state index contributed by atoms with van der Waals surface area (Å²) in [5.74, 6) is 5.39. The second-order valence-electron chi connectivity index (χ2n) is 7.08. The van der Waals surface area contributed by atoms with Gasteiger partial charge in [0.15, 0.2) is 0 Å². The van der Waals surface area contributed by atoms with E-state index in [-0.39, 0.29) is 0 Å². The number of rotatable bonds is 1. The summed E-state index contributed by atoms with van der Waals surface area (Å²) in [6.45, 7) is 7.50. The van der Waals surface area contributed by atoms with Gasteiger partial charge in [-0.3, -0.25) is 0 Å². The van der Waals surface area contributed by atoms with Gasteiger partial charge >= 0.3 is 0 Å². The summed E-state index contributed by atoms with van der Waals surface area (Å²) in [5.41, 5.74) is 0.698. The second-order valence-corrected chi connectivity index (χ2v) is 7.08. The average molecular weight is 206 g/mol. The van der Waals surface area contributed by atoms with Gasteiger partial charge in [0.25, 0.3) is 0 Å². The highest BCUT2D eigenvalue weighted by Crippen LogP contribution is 2.66. The molecule has 3 fully saturated rings. The van der Waals surface area contributed by atoms with Crippen molar-refractivity contribution in [3.8, 4) is 0 Å². The Bertz CT molecular complexity index is 255. The highest BCUT2D eigenvalue weighted by Gasteiger charge is 2.58. The van der Waals surface area contributed by atoms with Crippen molar-refractivity contribution in [2.45, 2.75) is 59.3 Å². The molecule has 15 heavy (non-hydrogen) atoms. The maximum atomic E-state index is 2.59. The van der Waals surface area contributed by atoms with E-state index in [4.69, 9.17) is 0 Å². The van der Waals surface area contributed by atoms with Crippen molar-refractivity contribution in [3.63, 3.8) is 0 Å². The van der Waals surface area contributed by atoms with Crippen LogP contribution in [0.2, 0.25) is 0 Å². The summed E-state index contributed by atoms with van der Waals surface area (Å²) in [4.78, 5) is 0. The molecule has 0 amide bonds. The standard InChI is InChI=1S/C15H26/c1-10(2)15(3)9-11-8-14(15)13-7-5-4-6-12(11)13/h10-14H,4-9H2,1-3H3. The van der Waals surface area contributed by atoms with Gasteiger partial charge in [-0.05, 0) is 60.7 Å². The summed E-state index contributed by atoms with van der Waals surface area (Å²) in [5, 5.41) is 0. The van der Waals surface area contributed by atoms with Gasteiger partial charge in [0.1, 0.15) is 0 Å². The number of hydrogen-bond acceptors (Lipinski definition) is 0. The van der Waals surface area contributed by atoms with E-state index in [0.29, 0.717) is 5.41 Å². The highest BCUT2D eigenvalue weighted by atomic mass is 14.6. The summed E-state index contributed by atoms with van der Waals surface area (Å²) in [6.07, 6.45) is 9.33. The van der Waals surface area contributed by atoms with Crippen molar-refractivity contribution in [1.82, 2.24) is 0 Å². The Morgan fingerprint density at radius 1 is 1.07 bits per heavy atom. The zero-order chi connectivity index (χ0) is 10.6. The van der Waals surface area contributed by atoms with E-state index >= 15 is 0 Å². The minimum absolute atomic E-state index is 0.698. The van der Waals surface area contributed by atoms with Crippen molar-refractivity contribution >= 4 is 0 Å². The summed E-state index contributed by atoms with van der Waals surface area (Å²) in [6, 6.07) is 0. The average Bonchev–Trinajstić information content (AvgIpc) is 2.74. The van der Waals surface area contributed by atoms with Gasteiger partial charge < -0.3 is 0 Å². The van der Waals surface area contributed by atoms with Crippen molar-refractivity contribution < 1.29 is 0 Å². The Kier molecular flexibility index (Phi) is 2.20. The monoisotopic (exact) mass is 206 g/mol. The first kappa shape index (κ1) is 10.2. The molecule has 0 aromatic rings. The molecular formula is C15H26. The van der Waals surface area contributed by atoms with Crippen LogP contribution in [-0.4, -0.2) is 0 Å². The van der Waals surface area contributed by atoms with E-state index in [1.807, 2.05) is 0 Å². The SMILES string of the molecule is CC(C)C1(C)CC2CC1C1CCCCC21. The fourth-order valence-electron chi connectivity index (χ4n) is 5.32.